The summed E-state index contributed by atoms with van der Waals surface area (Å²) in [5.74, 6) is -3.46. The van der Waals surface area contributed by atoms with Crippen LogP contribution in [0.1, 0.15) is 23.2 Å². The largest absolute Gasteiger partial charge is 1.00 e. The first-order valence-electron chi connectivity index (χ1n) is 5.86. The number of benzene rings is 1. The first kappa shape index (κ1) is 23.7. The topological polar surface area (TPSA) is 127 Å². The molecule has 1 atom stereocenters. The molecule has 2 N–H and O–H groups in total. The predicted molar refractivity (Wildman–Crippen MR) is 66.0 cm³/mol. The fourth-order valence-corrected chi connectivity index (χ4v) is 1.70. The number of nitrogens with zero attached hydrogens (tertiary/aromatic N) is 1. The third-order valence-corrected chi connectivity index (χ3v) is 2.84. The van der Waals surface area contributed by atoms with Crippen molar-refractivity contribution >= 4 is 23.5 Å². The van der Waals surface area contributed by atoms with Crippen LogP contribution in [0.25, 0.3) is 0 Å². The Morgan fingerprint density at radius 2 is 1.64 bits per heavy atom. The van der Waals surface area contributed by atoms with E-state index in [1.165, 1.54) is 31.3 Å². The predicted octanol–water partition coefficient (Wildman–Crippen LogP) is -8.00. The van der Waals surface area contributed by atoms with Crippen molar-refractivity contribution in [1.82, 2.24) is 4.90 Å². The maximum absolute atomic E-state index is 12.1. The van der Waals surface area contributed by atoms with Crippen molar-refractivity contribution in [3.63, 3.8) is 0 Å². The second kappa shape index (κ2) is 11.0. The number of anilines is 1. The SMILES string of the molecule is CN(C(=O)c1ccc(N)cc1)[C@@H](CCC(=O)[O-])C(=O)[O-].[Na+].[Na+]. The van der Waals surface area contributed by atoms with Crippen LogP contribution >= 0.6 is 0 Å². The van der Waals surface area contributed by atoms with Crippen molar-refractivity contribution in [2.75, 3.05) is 12.8 Å². The van der Waals surface area contributed by atoms with Gasteiger partial charge in [0.1, 0.15) is 0 Å². The molecular weight excluding hydrogens is 310 g/mol. The van der Waals surface area contributed by atoms with Crippen LogP contribution in [-0.2, 0) is 9.59 Å². The second-order valence-corrected chi connectivity index (χ2v) is 4.28. The number of carboxylic acids is 2. The Balaban J connectivity index is 0. The Morgan fingerprint density at radius 1 is 1.14 bits per heavy atom. The van der Waals surface area contributed by atoms with Gasteiger partial charge in [0.2, 0.25) is 0 Å². The first-order valence-corrected chi connectivity index (χ1v) is 5.86. The van der Waals surface area contributed by atoms with Crippen LogP contribution in [0.4, 0.5) is 5.69 Å². The molecule has 0 aliphatic carbocycles. The smallest absolute Gasteiger partial charge is 0.550 e. The molecule has 0 spiro atoms. The van der Waals surface area contributed by atoms with Gasteiger partial charge in [0.15, 0.2) is 0 Å². The molecule has 0 saturated heterocycles. The van der Waals surface area contributed by atoms with E-state index >= 15 is 0 Å². The van der Waals surface area contributed by atoms with Crippen molar-refractivity contribution in [3.05, 3.63) is 29.8 Å². The zero-order valence-corrected chi connectivity index (χ0v) is 16.9. The Morgan fingerprint density at radius 3 is 2.05 bits per heavy atom. The van der Waals surface area contributed by atoms with Gasteiger partial charge in [0.05, 0.1) is 12.0 Å². The molecule has 9 heteroatoms. The second-order valence-electron chi connectivity index (χ2n) is 4.28. The summed E-state index contributed by atoms with van der Waals surface area (Å²) < 4.78 is 0. The number of carbonyl (C=O) groups is 3. The Labute approximate surface area is 172 Å². The summed E-state index contributed by atoms with van der Waals surface area (Å²) >= 11 is 0. The normalized spacial score (nSPS) is 10.6. The number of rotatable bonds is 6. The van der Waals surface area contributed by atoms with Crippen LogP contribution in [0.15, 0.2) is 24.3 Å². The molecule has 0 aliphatic rings. The van der Waals surface area contributed by atoms with Crippen LogP contribution < -0.4 is 75.1 Å². The Bertz CT molecular complexity index is 522. The molecule has 0 unspecified atom stereocenters. The maximum Gasteiger partial charge on any atom is 1.00 e. The van der Waals surface area contributed by atoms with E-state index in [9.17, 15) is 24.6 Å². The molecule has 0 aromatic heterocycles. The number of carbonyl (C=O) groups excluding carboxylic acids is 3. The van der Waals surface area contributed by atoms with E-state index in [4.69, 9.17) is 5.73 Å². The molecule has 0 saturated carbocycles. The number of hydrogen-bond donors (Lipinski definition) is 1. The molecule has 1 aromatic rings. The molecule has 0 fully saturated rings. The molecule has 0 heterocycles. The fraction of sp³-hybridized carbons (Fsp3) is 0.308. The van der Waals surface area contributed by atoms with Crippen LogP contribution in [0.5, 0.6) is 0 Å². The van der Waals surface area contributed by atoms with Gasteiger partial charge in [-0.05, 0) is 37.1 Å². The van der Waals surface area contributed by atoms with E-state index in [-0.39, 0.29) is 71.1 Å². The van der Waals surface area contributed by atoms with Gasteiger partial charge in [-0.25, -0.2) is 0 Å². The van der Waals surface area contributed by atoms with E-state index in [0.717, 1.165) is 4.90 Å². The van der Waals surface area contributed by atoms with Gasteiger partial charge < -0.3 is 30.4 Å². The minimum absolute atomic E-state index is 0. The minimum Gasteiger partial charge on any atom is -0.550 e. The van der Waals surface area contributed by atoms with Crippen LogP contribution in [0.2, 0.25) is 0 Å². The quantitative estimate of drug-likeness (QED) is 0.409. The van der Waals surface area contributed by atoms with Crippen LogP contribution in [0.3, 0.4) is 0 Å². The van der Waals surface area contributed by atoms with Gasteiger partial charge in [-0.15, -0.1) is 0 Å². The third kappa shape index (κ3) is 7.13. The van der Waals surface area contributed by atoms with Crippen LogP contribution in [-0.4, -0.2) is 35.8 Å². The molecule has 0 aliphatic heterocycles. The van der Waals surface area contributed by atoms with E-state index in [0.29, 0.717) is 5.69 Å². The average molecular weight is 324 g/mol. The molecule has 7 nitrogen and oxygen atoms in total. The number of aliphatic carboxylic acids is 2. The Kier molecular flexibility index (Phi) is 11.9. The molecule has 1 amide bonds. The summed E-state index contributed by atoms with van der Waals surface area (Å²) in [5, 5.41) is 21.4. The monoisotopic (exact) mass is 324 g/mol. The molecule has 1 aromatic carbocycles. The first-order chi connectivity index (χ1) is 9.32. The molecule has 22 heavy (non-hydrogen) atoms. The molecule has 0 radical (unpaired) electrons. The van der Waals surface area contributed by atoms with Gasteiger partial charge >= 0.3 is 59.1 Å². The summed E-state index contributed by atoms with van der Waals surface area (Å²) in [7, 11) is 1.27. The van der Waals surface area contributed by atoms with Gasteiger partial charge in [0.25, 0.3) is 5.91 Å². The zero-order valence-electron chi connectivity index (χ0n) is 12.9. The van der Waals surface area contributed by atoms with Crippen molar-refractivity contribution in [2.45, 2.75) is 18.9 Å². The van der Waals surface area contributed by atoms with Crippen molar-refractivity contribution in [3.8, 4) is 0 Å². The minimum atomic E-state index is -1.52. The number of amides is 1. The van der Waals surface area contributed by atoms with Gasteiger partial charge in [-0.1, -0.05) is 0 Å². The standard InChI is InChI=1S/C13H16N2O5.2Na/c1-15(10(13(19)20)6-7-11(16)17)12(18)8-2-4-9(14)5-3-8;;/h2-5,10H,6-7,14H2,1H3,(H,16,17)(H,19,20);;/q;2*+1/p-2/t10-;;/m0../s1. The van der Waals surface area contributed by atoms with E-state index in [2.05, 4.69) is 0 Å². The van der Waals surface area contributed by atoms with E-state index in [1.54, 1.807) is 0 Å². The molecule has 108 valence electrons. The zero-order chi connectivity index (χ0) is 15.3. The molecule has 1 rings (SSSR count). The fourth-order valence-electron chi connectivity index (χ4n) is 1.70. The van der Waals surface area contributed by atoms with E-state index < -0.39 is 30.3 Å². The number of nitrogens with two attached hydrogens (primary N) is 1. The number of carboxylic acid groups (broad SMARTS) is 2. The van der Waals surface area contributed by atoms with Crippen LogP contribution in [0, 0.1) is 0 Å². The molecule has 0 bridgehead atoms. The summed E-state index contributed by atoms with van der Waals surface area (Å²) in [6.45, 7) is 0. The van der Waals surface area contributed by atoms with Gasteiger partial charge in [-0.3, -0.25) is 4.79 Å². The number of hydrogen-bond acceptors (Lipinski definition) is 6. The maximum atomic E-state index is 12.1. The molecular formula is C13H14N2Na2O5. The summed E-state index contributed by atoms with van der Waals surface area (Å²) in [5.41, 5.74) is 6.21. The van der Waals surface area contributed by atoms with Gasteiger partial charge in [0, 0.05) is 24.3 Å². The summed E-state index contributed by atoms with van der Waals surface area (Å²) in [6, 6.07) is 4.60. The van der Waals surface area contributed by atoms with E-state index in [1.807, 2.05) is 0 Å². The number of nitrogen functional groups attached to an aromatic ring is 1. The van der Waals surface area contributed by atoms with Gasteiger partial charge in [-0.2, -0.15) is 0 Å². The average Bonchev–Trinajstić information content (AvgIpc) is 2.38. The van der Waals surface area contributed by atoms with Crippen molar-refractivity contribution in [1.29, 1.82) is 0 Å². The summed E-state index contributed by atoms with van der Waals surface area (Å²) in [4.78, 5) is 34.4. The van der Waals surface area contributed by atoms with Crippen molar-refractivity contribution < 1.29 is 83.7 Å². The van der Waals surface area contributed by atoms with Crippen molar-refractivity contribution in [2.24, 2.45) is 0 Å². The Hall–Kier alpha value is -0.570. The third-order valence-electron chi connectivity index (χ3n) is 2.84. The summed E-state index contributed by atoms with van der Waals surface area (Å²) in [6.07, 6.45) is -0.750. The number of likely N-dealkylation sites (N-methyl/N-ethyl adjacent to an activating group) is 1.